The molecule has 2 rings (SSSR count). The van der Waals surface area contributed by atoms with Crippen LogP contribution in [0.3, 0.4) is 0 Å². The van der Waals surface area contributed by atoms with Crippen molar-refractivity contribution in [3.63, 3.8) is 0 Å². The highest BCUT2D eigenvalue weighted by atomic mass is 35.5. The first-order valence-corrected chi connectivity index (χ1v) is 8.52. The minimum absolute atomic E-state index is 0.594. The number of methoxy groups -OCH3 is 2. The summed E-state index contributed by atoms with van der Waals surface area (Å²) < 4.78 is 10.6. The van der Waals surface area contributed by atoms with Crippen molar-refractivity contribution in [3.05, 3.63) is 22.7 Å². The van der Waals surface area contributed by atoms with Crippen LogP contribution in [0.4, 0.5) is 0 Å². The SMILES string of the molecule is COc1cc(CNC2CCCC2SC)cc(Cl)c1OC. The first-order chi connectivity index (χ1) is 9.69. The summed E-state index contributed by atoms with van der Waals surface area (Å²) in [5.74, 6) is 1.28. The molecule has 0 saturated heterocycles. The van der Waals surface area contributed by atoms with Crippen LogP contribution in [0.15, 0.2) is 12.1 Å². The fourth-order valence-electron chi connectivity index (χ4n) is 2.76. The van der Waals surface area contributed by atoms with Crippen LogP contribution in [-0.4, -0.2) is 31.8 Å². The van der Waals surface area contributed by atoms with Crippen molar-refractivity contribution in [1.29, 1.82) is 0 Å². The Morgan fingerprint density at radius 3 is 2.75 bits per heavy atom. The van der Waals surface area contributed by atoms with E-state index in [1.165, 1.54) is 19.3 Å². The van der Waals surface area contributed by atoms with E-state index in [1.807, 2.05) is 23.9 Å². The Hall–Kier alpha value is -0.580. The molecule has 1 aliphatic rings. The Morgan fingerprint density at radius 1 is 1.30 bits per heavy atom. The van der Waals surface area contributed by atoms with Crippen LogP contribution >= 0.6 is 23.4 Å². The van der Waals surface area contributed by atoms with E-state index < -0.39 is 0 Å². The van der Waals surface area contributed by atoms with Crippen LogP contribution in [0.1, 0.15) is 24.8 Å². The van der Waals surface area contributed by atoms with Crippen LogP contribution in [-0.2, 0) is 6.54 Å². The third kappa shape index (κ3) is 3.54. The Kier molecular flexibility index (Phi) is 5.87. The van der Waals surface area contributed by atoms with E-state index in [0.717, 1.165) is 17.4 Å². The van der Waals surface area contributed by atoms with Gasteiger partial charge in [0.1, 0.15) is 0 Å². The first-order valence-electron chi connectivity index (χ1n) is 6.86. The lowest BCUT2D eigenvalue weighted by Gasteiger charge is -2.20. The molecule has 5 heteroatoms. The van der Waals surface area contributed by atoms with Crippen LogP contribution in [0.5, 0.6) is 11.5 Å². The molecular weight excluding hydrogens is 294 g/mol. The monoisotopic (exact) mass is 315 g/mol. The molecule has 0 radical (unpaired) electrons. The van der Waals surface area contributed by atoms with Gasteiger partial charge in [-0.05, 0) is 36.8 Å². The number of hydrogen-bond donors (Lipinski definition) is 1. The van der Waals surface area contributed by atoms with Gasteiger partial charge < -0.3 is 14.8 Å². The zero-order valence-electron chi connectivity index (χ0n) is 12.2. The van der Waals surface area contributed by atoms with E-state index in [0.29, 0.717) is 22.6 Å². The zero-order chi connectivity index (χ0) is 14.5. The molecule has 0 bridgehead atoms. The molecule has 2 atom stereocenters. The number of benzene rings is 1. The van der Waals surface area contributed by atoms with Crippen molar-refractivity contribution >= 4 is 23.4 Å². The standard InChI is InChI=1S/C15H22ClNO2S/c1-18-13-8-10(7-11(16)15(13)19-2)9-17-12-5-4-6-14(12)20-3/h7-8,12,14,17H,4-6,9H2,1-3H3. The van der Waals surface area contributed by atoms with Crippen LogP contribution in [0.25, 0.3) is 0 Å². The van der Waals surface area contributed by atoms with Crippen molar-refractivity contribution in [2.45, 2.75) is 37.1 Å². The molecule has 1 aromatic carbocycles. The molecule has 1 aromatic rings. The van der Waals surface area contributed by atoms with Gasteiger partial charge >= 0.3 is 0 Å². The summed E-state index contributed by atoms with van der Waals surface area (Å²) >= 11 is 8.19. The predicted octanol–water partition coefficient (Wildman–Crippen LogP) is 3.73. The lowest BCUT2D eigenvalue weighted by Crippen LogP contribution is -2.33. The Balaban J connectivity index is 2.04. The second-order valence-electron chi connectivity index (χ2n) is 5.01. The highest BCUT2D eigenvalue weighted by Crippen LogP contribution is 2.36. The average Bonchev–Trinajstić information content (AvgIpc) is 2.91. The second-order valence-corrected chi connectivity index (χ2v) is 6.49. The summed E-state index contributed by atoms with van der Waals surface area (Å²) in [6.45, 7) is 0.807. The van der Waals surface area contributed by atoms with Gasteiger partial charge in [-0.1, -0.05) is 18.0 Å². The smallest absolute Gasteiger partial charge is 0.179 e. The van der Waals surface area contributed by atoms with Gasteiger partial charge in [0, 0.05) is 17.8 Å². The Labute approximate surface area is 130 Å². The minimum atomic E-state index is 0.594. The lowest BCUT2D eigenvalue weighted by atomic mass is 10.1. The summed E-state index contributed by atoms with van der Waals surface area (Å²) in [5.41, 5.74) is 1.12. The van der Waals surface area contributed by atoms with Crippen molar-refractivity contribution in [2.24, 2.45) is 0 Å². The predicted molar refractivity (Wildman–Crippen MR) is 86.3 cm³/mol. The summed E-state index contributed by atoms with van der Waals surface area (Å²) in [6.07, 6.45) is 6.08. The van der Waals surface area contributed by atoms with Crippen LogP contribution < -0.4 is 14.8 Å². The number of rotatable bonds is 6. The first kappa shape index (κ1) is 15.8. The van der Waals surface area contributed by atoms with Gasteiger partial charge in [-0.25, -0.2) is 0 Å². The molecule has 3 nitrogen and oxygen atoms in total. The maximum atomic E-state index is 6.23. The molecule has 0 aromatic heterocycles. The molecule has 20 heavy (non-hydrogen) atoms. The van der Waals surface area contributed by atoms with E-state index in [2.05, 4.69) is 11.6 Å². The van der Waals surface area contributed by atoms with Crippen LogP contribution in [0, 0.1) is 0 Å². The Morgan fingerprint density at radius 2 is 2.10 bits per heavy atom. The number of halogens is 1. The van der Waals surface area contributed by atoms with Gasteiger partial charge in [-0.15, -0.1) is 0 Å². The van der Waals surface area contributed by atoms with Gasteiger partial charge in [-0.3, -0.25) is 0 Å². The highest BCUT2D eigenvalue weighted by Gasteiger charge is 2.25. The van der Waals surface area contributed by atoms with E-state index in [9.17, 15) is 0 Å². The molecule has 1 saturated carbocycles. The van der Waals surface area contributed by atoms with E-state index >= 15 is 0 Å². The van der Waals surface area contributed by atoms with Crippen molar-refractivity contribution in [2.75, 3.05) is 20.5 Å². The molecule has 0 spiro atoms. The normalized spacial score (nSPS) is 22.0. The molecule has 2 unspecified atom stereocenters. The van der Waals surface area contributed by atoms with Crippen molar-refractivity contribution in [3.8, 4) is 11.5 Å². The Bertz CT molecular complexity index is 456. The second kappa shape index (κ2) is 7.43. The molecule has 0 aliphatic heterocycles. The number of nitrogens with one attached hydrogen (secondary N) is 1. The van der Waals surface area contributed by atoms with E-state index in [4.69, 9.17) is 21.1 Å². The quantitative estimate of drug-likeness (QED) is 0.866. The number of ether oxygens (including phenoxy) is 2. The summed E-state index contributed by atoms with van der Waals surface area (Å²) in [4.78, 5) is 0. The van der Waals surface area contributed by atoms with Gasteiger partial charge in [0.05, 0.1) is 19.2 Å². The maximum Gasteiger partial charge on any atom is 0.179 e. The van der Waals surface area contributed by atoms with Crippen molar-refractivity contribution in [1.82, 2.24) is 5.32 Å². The van der Waals surface area contributed by atoms with E-state index in [-0.39, 0.29) is 0 Å². The topological polar surface area (TPSA) is 30.5 Å². The maximum absolute atomic E-state index is 6.23. The van der Waals surface area contributed by atoms with Gasteiger partial charge in [0.25, 0.3) is 0 Å². The highest BCUT2D eigenvalue weighted by molar-refractivity contribution is 7.99. The largest absolute Gasteiger partial charge is 0.493 e. The number of hydrogen-bond acceptors (Lipinski definition) is 4. The third-order valence-corrected chi connectivity index (χ3v) is 5.27. The molecule has 1 aliphatic carbocycles. The molecule has 1 fully saturated rings. The molecule has 0 heterocycles. The lowest BCUT2D eigenvalue weighted by molar-refractivity contribution is 0.354. The zero-order valence-corrected chi connectivity index (χ0v) is 13.8. The van der Waals surface area contributed by atoms with Gasteiger partial charge in [0.2, 0.25) is 0 Å². The average molecular weight is 316 g/mol. The molecule has 1 N–H and O–H groups in total. The third-order valence-electron chi connectivity index (χ3n) is 3.82. The molecule has 112 valence electrons. The minimum Gasteiger partial charge on any atom is -0.493 e. The number of thioether (sulfide) groups is 1. The van der Waals surface area contributed by atoms with Gasteiger partial charge in [-0.2, -0.15) is 11.8 Å². The van der Waals surface area contributed by atoms with Crippen LogP contribution in [0.2, 0.25) is 5.02 Å². The fraction of sp³-hybridized carbons (Fsp3) is 0.600. The van der Waals surface area contributed by atoms with Crippen molar-refractivity contribution < 1.29 is 9.47 Å². The summed E-state index contributed by atoms with van der Waals surface area (Å²) in [6, 6.07) is 4.52. The fourth-order valence-corrected chi connectivity index (χ4v) is 4.04. The molecular formula is C15H22ClNO2S. The summed E-state index contributed by atoms with van der Waals surface area (Å²) in [7, 11) is 3.23. The summed E-state index contributed by atoms with van der Waals surface area (Å²) in [5, 5.41) is 4.96. The molecule has 0 amide bonds. The van der Waals surface area contributed by atoms with E-state index in [1.54, 1.807) is 14.2 Å². The van der Waals surface area contributed by atoms with Gasteiger partial charge in [0.15, 0.2) is 11.5 Å².